The molecule has 0 radical (unpaired) electrons. The highest BCUT2D eigenvalue weighted by Crippen LogP contribution is 2.30. The van der Waals surface area contributed by atoms with Crippen molar-refractivity contribution in [1.82, 2.24) is 9.97 Å². The van der Waals surface area contributed by atoms with Crippen LogP contribution in [0.5, 0.6) is 0 Å². The Kier molecular flexibility index (Phi) is 4.59. The number of nitrogens with zero attached hydrogens (tertiary/aromatic N) is 2. The van der Waals surface area contributed by atoms with Crippen molar-refractivity contribution in [3.05, 3.63) is 76.4 Å². The first-order chi connectivity index (χ1) is 12.6. The quantitative estimate of drug-likeness (QED) is 0.465. The van der Waals surface area contributed by atoms with Gasteiger partial charge in [0, 0.05) is 11.8 Å². The molecular weight excluding hydrogens is 389 g/mol. The van der Waals surface area contributed by atoms with Crippen LogP contribution < -0.4 is 5.32 Å². The molecule has 4 aromatic rings. The highest BCUT2D eigenvalue weighted by molar-refractivity contribution is 7.21. The number of fused-ring (bicyclic) bond motifs is 1. The van der Waals surface area contributed by atoms with E-state index < -0.39 is 0 Å². The molecule has 0 saturated carbocycles. The molecule has 4 nitrogen and oxygen atoms in total. The number of nitrogens with one attached hydrogen (secondary N) is 1. The molecule has 2 aromatic carbocycles. The van der Waals surface area contributed by atoms with Crippen LogP contribution in [0.25, 0.3) is 20.8 Å². The van der Waals surface area contributed by atoms with Gasteiger partial charge in [-0.15, -0.1) is 11.3 Å². The van der Waals surface area contributed by atoms with Gasteiger partial charge in [0.05, 0.1) is 25.8 Å². The van der Waals surface area contributed by atoms with Gasteiger partial charge < -0.3 is 5.32 Å². The van der Waals surface area contributed by atoms with Crippen molar-refractivity contribution < 1.29 is 4.79 Å². The third-order valence-corrected chi connectivity index (χ3v) is 5.65. The summed E-state index contributed by atoms with van der Waals surface area (Å²) in [6, 6.07) is 16.5. The fourth-order valence-corrected chi connectivity index (χ4v) is 3.79. The number of anilines is 1. The number of carbonyl (C=O) groups excluding carboxylic acids is 1. The summed E-state index contributed by atoms with van der Waals surface area (Å²) in [4.78, 5) is 21.3. The molecule has 7 heteroatoms. The Hall–Kier alpha value is -2.47. The number of thiazole rings is 1. The molecule has 0 aliphatic carbocycles. The highest BCUT2D eigenvalue weighted by Gasteiger charge is 2.13. The fourth-order valence-electron chi connectivity index (χ4n) is 2.45. The molecular formula is C19H11Cl2N3OS. The number of hydrogen-bond acceptors (Lipinski definition) is 4. The molecule has 2 heterocycles. The van der Waals surface area contributed by atoms with Crippen LogP contribution in [0, 0.1) is 0 Å². The van der Waals surface area contributed by atoms with Crippen LogP contribution in [0.3, 0.4) is 0 Å². The number of rotatable bonds is 3. The monoisotopic (exact) mass is 399 g/mol. The van der Waals surface area contributed by atoms with Gasteiger partial charge >= 0.3 is 0 Å². The van der Waals surface area contributed by atoms with Gasteiger partial charge in [0.25, 0.3) is 5.91 Å². The first kappa shape index (κ1) is 17.0. The highest BCUT2D eigenvalue weighted by atomic mass is 35.5. The average Bonchev–Trinajstić information content (AvgIpc) is 3.08. The van der Waals surface area contributed by atoms with Crippen molar-refractivity contribution in [3.8, 4) is 10.6 Å². The van der Waals surface area contributed by atoms with Crippen LogP contribution in [0.4, 0.5) is 5.82 Å². The molecule has 0 fully saturated rings. The minimum Gasteiger partial charge on any atom is -0.307 e. The summed E-state index contributed by atoms with van der Waals surface area (Å²) < 4.78 is 1.12. The van der Waals surface area contributed by atoms with Gasteiger partial charge in [-0.3, -0.25) is 4.79 Å². The summed E-state index contributed by atoms with van der Waals surface area (Å²) in [7, 11) is 0. The van der Waals surface area contributed by atoms with E-state index >= 15 is 0 Å². The number of carbonyl (C=O) groups is 1. The lowest BCUT2D eigenvalue weighted by Gasteiger charge is -2.07. The summed E-state index contributed by atoms with van der Waals surface area (Å²) in [6.45, 7) is 0. The third kappa shape index (κ3) is 3.29. The number of hydrogen-bond donors (Lipinski definition) is 1. The zero-order valence-corrected chi connectivity index (χ0v) is 15.6. The Labute approximate surface area is 163 Å². The van der Waals surface area contributed by atoms with Crippen LogP contribution in [0.15, 0.2) is 60.8 Å². The lowest BCUT2D eigenvalue weighted by molar-refractivity contribution is 0.102. The van der Waals surface area contributed by atoms with E-state index in [1.807, 2.05) is 30.3 Å². The predicted octanol–water partition coefficient (Wildman–Crippen LogP) is 5.92. The third-order valence-electron chi connectivity index (χ3n) is 3.74. The van der Waals surface area contributed by atoms with E-state index in [1.165, 1.54) is 0 Å². The molecule has 26 heavy (non-hydrogen) atoms. The number of amides is 1. The molecule has 4 rings (SSSR count). The van der Waals surface area contributed by atoms with E-state index in [9.17, 15) is 4.79 Å². The lowest BCUT2D eigenvalue weighted by atomic mass is 10.2. The average molecular weight is 400 g/mol. The normalized spacial score (nSPS) is 10.8. The molecule has 128 valence electrons. The number of benzene rings is 2. The molecule has 0 aliphatic rings. The first-order valence-corrected chi connectivity index (χ1v) is 9.26. The van der Waals surface area contributed by atoms with E-state index in [4.69, 9.17) is 23.2 Å². The Morgan fingerprint density at radius 3 is 2.62 bits per heavy atom. The second kappa shape index (κ2) is 7.03. The van der Waals surface area contributed by atoms with E-state index in [0.29, 0.717) is 16.4 Å². The summed E-state index contributed by atoms with van der Waals surface area (Å²) in [5, 5.41) is 4.16. The minimum absolute atomic E-state index is 0.220. The standard InChI is InChI=1S/C19H11Cl2N3OS/c20-13-5-3-4-12(17(13)21)18(25)24-16-9-8-11(10-22-16)19-23-14-6-1-2-7-15(14)26-19/h1-10H,(H,22,24,25). The topological polar surface area (TPSA) is 54.9 Å². The van der Waals surface area contributed by atoms with E-state index in [2.05, 4.69) is 15.3 Å². The molecule has 1 amide bonds. The maximum atomic E-state index is 12.4. The first-order valence-electron chi connectivity index (χ1n) is 7.69. The van der Waals surface area contributed by atoms with Gasteiger partial charge in [0.1, 0.15) is 10.8 Å². The lowest BCUT2D eigenvalue weighted by Crippen LogP contribution is -2.13. The Morgan fingerprint density at radius 1 is 1.00 bits per heavy atom. The molecule has 2 aromatic heterocycles. The summed E-state index contributed by atoms with van der Waals surface area (Å²) in [5.74, 6) is 0.0636. The SMILES string of the molecule is O=C(Nc1ccc(-c2nc3ccccc3s2)cn1)c1cccc(Cl)c1Cl. The van der Waals surface area contributed by atoms with Gasteiger partial charge in [0.2, 0.25) is 0 Å². The van der Waals surface area contributed by atoms with Crippen LogP contribution in [0.2, 0.25) is 10.0 Å². The van der Waals surface area contributed by atoms with Gasteiger partial charge in [-0.25, -0.2) is 9.97 Å². The van der Waals surface area contributed by atoms with Crippen LogP contribution in [0.1, 0.15) is 10.4 Å². The smallest absolute Gasteiger partial charge is 0.258 e. The van der Waals surface area contributed by atoms with E-state index in [1.54, 1.807) is 41.8 Å². The fraction of sp³-hybridized carbons (Fsp3) is 0. The zero-order chi connectivity index (χ0) is 18.1. The number of para-hydroxylation sites is 1. The largest absolute Gasteiger partial charge is 0.307 e. The molecule has 0 saturated heterocycles. The number of halogens is 2. The Bertz CT molecular complexity index is 1080. The summed E-state index contributed by atoms with van der Waals surface area (Å²) in [6.07, 6.45) is 1.69. The van der Waals surface area contributed by atoms with Gasteiger partial charge in [-0.2, -0.15) is 0 Å². The second-order valence-electron chi connectivity index (χ2n) is 5.47. The van der Waals surface area contributed by atoms with Crippen molar-refractivity contribution in [3.63, 3.8) is 0 Å². The molecule has 0 aliphatic heterocycles. The van der Waals surface area contributed by atoms with Gasteiger partial charge in [0.15, 0.2) is 0 Å². The van der Waals surface area contributed by atoms with Crippen molar-refractivity contribution in [2.75, 3.05) is 5.32 Å². The Morgan fingerprint density at radius 2 is 1.85 bits per heavy atom. The minimum atomic E-state index is -0.363. The Balaban J connectivity index is 1.56. The summed E-state index contributed by atoms with van der Waals surface area (Å²) >= 11 is 13.6. The van der Waals surface area contributed by atoms with Crippen LogP contribution >= 0.6 is 34.5 Å². The van der Waals surface area contributed by atoms with Crippen molar-refractivity contribution in [1.29, 1.82) is 0 Å². The van der Waals surface area contributed by atoms with Crippen molar-refractivity contribution >= 4 is 56.5 Å². The zero-order valence-electron chi connectivity index (χ0n) is 13.2. The maximum absolute atomic E-state index is 12.4. The van der Waals surface area contributed by atoms with E-state index in [0.717, 1.165) is 20.8 Å². The number of aromatic nitrogens is 2. The van der Waals surface area contributed by atoms with Crippen LogP contribution in [-0.4, -0.2) is 15.9 Å². The second-order valence-corrected chi connectivity index (χ2v) is 7.29. The van der Waals surface area contributed by atoms with Crippen molar-refractivity contribution in [2.24, 2.45) is 0 Å². The molecule has 1 N–H and O–H groups in total. The van der Waals surface area contributed by atoms with E-state index in [-0.39, 0.29) is 10.9 Å². The molecule has 0 bridgehead atoms. The van der Waals surface area contributed by atoms with Gasteiger partial charge in [-0.1, -0.05) is 41.4 Å². The van der Waals surface area contributed by atoms with Gasteiger partial charge in [-0.05, 0) is 36.4 Å². The maximum Gasteiger partial charge on any atom is 0.258 e. The van der Waals surface area contributed by atoms with Crippen LogP contribution in [-0.2, 0) is 0 Å². The molecule has 0 atom stereocenters. The molecule has 0 spiro atoms. The van der Waals surface area contributed by atoms with Crippen molar-refractivity contribution in [2.45, 2.75) is 0 Å². The number of pyridine rings is 1. The predicted molar refractivity (Wildman–Crippen MR) is 107 cm³/mol. The molecule has 0 unspecified atom stereocenters. The summed E-state index contributed by atoms with van der Waals surface area (Å²) in [5.41, 5.74) is 2.15.